The Labute approximate surface area is 249 Å². The Kier molecular flexibility index (Phi) is 12.1. The van der Waals surface area contributed by atoms with Gasteiger partial charge in [-0.15, -0.1) is 0 Å². The average molecular weight is 580 g/mol. The molecule has 1 aliphatic heterocycles. The zero-order valence-electron chi connectivity index (χ0n) is 25.1. The Morgan fingerprint density at radius 2 is 1.62 bits per heavy atom. The van der Waals surface area contributed by atoms with Crippen molar-refractivity contribution in [3.63, 3.8) is 0 Å². The van der Waals surface area contributed by atoms with Crippen molar-refractivity contribution in [1.29, 1.82) is 0 Å². The Morgan fingerprint density at radius 3 is 2.33 bits per heavy atom. The highest BCUT2D eigenvalue weighted by Gasteiger charge is 2.34. The lowest BCUT2D eigenvalue weighted by Crippen LogP contribution is -2.50. The Morgan fingerprint density at radius 1 is 0.881 bits per heavy atom. The van der Waals surface area contributed by atoms with Gasteiger partial charge in [0.2, 0.25) is 0 Å². The third kappa shape index (κ3) is 9.23. The minimum atomic E-state index is -0.518. The number of ether oxygens (including phenoxy) is 4. The van der Waals surface area contributed by atoms with Crippen LogP contribution in [0.15, 0.2) is 42.5 Å². The van der Waals surface area contributed by atoms with Crippen molar-refractivity contribution >= 4 is 17.8 Å². The van der Waals surface area contributed by atoms with Crippen LogP contribution in [0.1, 0.15) is 91.0 Å². The number of hydrogen-bond donors (Lipinski definition) is 0. The summed E-state index contributed by atoms with van der Waals surface area (Å²) in [5, 5.41) is 0. The fourth-order valence-corrected chi connectivity index (χ4v) is 5.81. The topological polar surface area (TPSA) is 91.4 Å². The standard InChI is InChI=1S/C34H45NO7/c1-3-40-32(36)21-27-23-35(24-27)33(37)30-22-28(34(38)39-2)15-18-31(30)42-20-8-12-26-13-16-29(17-14-26)41-19-7-11-25-9-5-4-6-10-25/h13-18,22,25,27H,3-12,19-21,23-24H2,1-2H3. The van der Waals surface area contributed by atoms with E-state index in [0.717, 1.165) is 37.5 Å². The molecule has 1 aliphatic carbocycles. The van der Waals surface area contributed by atoms with E-state index in [9.17, 15) is 14.4 Å². The molecule has 4 rings (SSSR count). The number of carbonyl (C=O) groups is 3. The summed E-state index contributed by atoms with van der Waals surface area (Å²) in [6.07, 6.45) is 11.2. The van der Waals surface area contributed by atoms with Crippen LogP contribution in [-0.2, 0) is 20.7 Å². The van der Waals surface area contributed by atoms with E-state index in [2.05, 4.69) is 12.1 Å². The summed E-state index contributed by atoms with van der Waals surface area (Å²) >= 11 is 0. The van der Waals surface area contributed by atoms with Crippen LogP contribution < -0.4 is 9.47 Å². The number of nitrogens with zero attached hydrogens (tertiary/aromatic N) is 1. The van der Waals surface area contributed by atoms with Crippen molar-refractivity contribution in [3.05, 3.63) is 59.2 Å². The van der Waals surface area contributed by atoms with Gasteiger partial charge in [0.05, 0.1) is 44.5 Å². The molecule has 0 bridgehead atoms. The predicted octanol–water partition coefficient (Wildman–Crippen LogP) is 6.25. The maximum absolute atomic E-state index is 13.3. The molecule has 8 nitrogen and oxygen atoms in total. The first-order valence-corrected chi connectivity index (χ1v) is 15.5. The van der Waals surface area contributed by atoms with Crippen LogP contribution in [-0.4, -0.2) is 62.8 Å². The van der Waals surface area contributed by atoms with Crippen molar-refractivity contribution in [2.24, 2.45) is 11.8 Å². The van der Waals surface area contributed by atoms with E-state index >= 15 is 0 Å². The van der Waals surface area contributed by atoms with Gasteiger partial charge in [0, 0.05) is 19.0 Å². The van der Waals surface area contributed by atoms with E-state index in [1.165, 1.54) is 57.3 Å². The van der Waals surface area contributed by atoms with Gasteiger partial charge in [0.25, 0.3) is 5.91 Å². The molecule has 2 fully saturated rings. The van der Waals surface area contributed by atoms with Crippen LogP contribution in [0.4, 0.5) is 0 Å². The van der Waals surface area contributed by atoms with Crippen molar-refractivity contribution in [2.45, 2.75) is 71.1 Å². The van der Waals surface area contributed by atoms with Crippen molar-refractivity contribution in [1.82, 2.24) is 4.90 Å². The minimum Gasteiger partial charge on any atom is -0.494 e. The van der Waals surface area contributed by atoms with Crippen LogP contribution in [0.25, 0.3) is 0 Å². The number of carbonyl (C=O) groups excluding carboxylic acids is 3. The van der Waals surface area contributed by atoms with Crippen LogP contribution >= 0.6 is 0 Å². The van der Waals surface area contributed by atoms with Gasteiger partial charge in [0.15, 0.2) is 0 Å². The van der Waals surface area contributed by atoms with Gasteiger partial charge in [-0.25, -0.2) is 4.79 Å². The quantitative estimate of drug-likeness (QED) is 0.182. The molecule has 0 radical (unpaired) electrons. The molecule has 8 heteroatoms. The van der Waals surface area contributed by atoms with E-state index in [1.54, 1.807) is 24.0 Å². The number of aryl methyl sites for hydroxylation is 1. The molecular weight excluding hydrogens is 534 g/mol. The first-order valence-electron chi connectivity index (χ1n) is 15.5. The number of hydrogen-bond acceptors (Lipinski definition) is 7. The summed E-state index contributed by atoms with van der Waals surface area (Å²) in [6.45, 7) is 4.22. The fourth-order valence-electron chi connectivity index (χ4n) is 5.81. The van der Waals surface area contributed by atoms with E-state index in [-0.39, 0.29) is 29.8 Å². The molecule has 1 saturated carbocycles. The zero-order valence-corrected chi connectivity index (χ0v) is 25.1. The third-order valence-electron chi connectivity index (χ3n) is 8.18. The summed E-state index contributed by atoms with van der Waals surface area (Å²) in [5.74, 6) is 1.29. The number of rotatable bonds is 15. The summed E-state index contributed by atoms with van der Waals surface area (Å²) in [6, 6.07) is 13.0. The number of amides is 1. The van der Waals surface area contributed by atoms with Crippen molar-refractivity contribution in [3.8, 4) is 11.5 Å². The molecule has 0 spiro atoms. The third-order valence-corrected chi connectivity index (χ3v) is 8.18. The normalized spacial score (nSPS) is 15.5. The summed E-state index contributed by atoms with van der Waals surface area (Å²) in [4.78, 5) is 38.8. The second-order valence-electron chi connectivity index (χ2n) is 11.4. The number of likely N-dealkylation sites (tertiary alicyclic amines) is 1. The van der Waals surface area contributed by atoms with E-state index < -0.39 is 5.97 Å². The van der Waals surface area contributed by atoms with Gasteiger partial charge in [-0.1, -0.05) is 44.2 Å². The highest BCUT2D eigenvalue weighted by Crippen LogP contribution is 2.29. The van der Waals surface area contributed by atoms with Gasteiger partial charge in [-0.3, -0.25) is 9.59 Å². The van der Waals surface area contributed by atoms with E-state index in [4.69, 9.17) is 18.9 Å². The molecule has 42 heavy (non-hydrogen) atoms. The zero-order chi connectivity index (χ0) is 29.7. The summed E-state index contributed by atoms with van der Waals surface area (Å²) in [7, 11) is 1.31. The van der Waals surface area contributed by atoms with Gasteiger partial charge >= 0.3 is 11.9 Å². The van der Waals surface area contributed by atoms with Crippen LogP contribution in [0, 0.1) is 11.8 Å². The summed E-state index contributed by atoms with van der Waals surface area (Å²) < 4.78 is 21.8. The Balaban J connectivity index is 1.23. The first-order chi connectivity index (χ1) is 20.5. The summed E-state index contributed by atoms with van der Waals surface area (Å²) in [5.41, 5.74) is 1.80. The molecule has 2 aromatic rings. The second kappa shape index (κ2) is 16.2. The van der Waals surface area contributed by atoms with Gasteiger partial charge < -0.3 is 23.8 Å². The second-order valence-corrected chi connectivity index (χ2v) is 11.4. The van der Waals surface area contributed by atoms with E-state index in [0.29, 0.717) is 37.6 Å². The lowest BCUT2D eigenvalue weighted by molar-refractivity contribution is -0.145. The largest absolute Gasteiger partial charge is 0.494 e. The molecule has 2 aromatic carbocycles. The molecule has 0 N–H and O–H groups in total. The van der Waals surface area contributed by atoms with E-state index in [1.807, 2.05) is 12.1 Å². The molecule has 2 aliphatic rings. The maximum Gasteiger partial charge on any atom is 0.337 e. The van der Waals surface area contributed by atoms with Gasteiger partial charge in [-0.05, 0) is 74.4 Å². The number of benzene rings is 2. The minimum absolute atomic E-state index is 0.0690. The van der Waals surface area contributed by atoms with Crippen LogP contribution in [0.5, 0.6) is 11.5 Å². The molecule has 1 saturated heterocycles. The lowest BCUT2D eigenvalue weighted by Gasteiger charge is -2.39. The lowest BCUT2D eigenvalue weighted by atomic mass is 9.86. The maximum atomic E-state index is 13.3. The monoisotopic (exact) mass is 579 g/mol. The smallest absolute Gasteiger partial charge is 0.337 e. The SMILES string of the molecule is CCOC(=O)CC1CN(C(=O)c2cc(C(=O)OC)ccc2OCCCc2ccc(OCCCC3CCCCC3)cc2)C1. The molecular formula is C34H45NO7. The molecule has 0 aromatic heterocycles. The predicted molar refractivity (Wildman–Crippen MR) is 160 cm³/mol. The Hall–Kier alpha value is -3.55. The highest BCUT2D eigenvalue weighted by atomic mass is 16.5. The Bertz CT molecular complexity index is 1170. The highest BCUT2D eigenvalue weighted by molar-refractivity contribution is 6.00. The molecule has 0 unspecified atom stereocenters. The van der Waals surface area contributed by atoms with Crippen molar-refractivity contribution in [2.75, 3.05) is 40.0 Å². The average Bonchev–Trinajstić information content (AvgIpc) is 2.99. The van der Waals surface area contributed by atoms with Gasteiger partial charge in [-0.2, -0.15) is 0 Å². The fraction of sp³-hybridized carbons (Fsp3) is 0.559. The number of esters is 2. The molecule has 0 atom stereocenters. The first kappa shape index (κ1) is 31.4. The van der Waals surface area contributed by atoms with Crippen LogP contribution in [0.3, 0.4) is 0 Å². The number of methoxy groups -OCH3 is 1. The van der Waals surface area contributed by atoms with Crippen LogP contribution in [0.2, 0.25) is 0 Å². The van der Waals surface area contributed by atoms with Gasteiger partial charge in [0.1, 0.15) is 11.5 Å². The molecule has 1 amide bonds. The molecule has 228 valence electrons. The molecule has 1 heterocycles. The van der Waals surface area contributed by atoms with Crippen molar-refractivity contribution < 1.29 is 33.3 Å².